The number of aliphatic imine (C=N–C) groups is 1. The van der Waals surface area contributed by atoms with Gasteiger partial charge in [0.2, 0.25) is 0 Å². The van der Waals surface area contributed by atoms with Gasteiger partial charge in [-0.05, 0) is 32.1 Å². The van der Waals surface area contributed by atoms with E-state index in [0.29, 0.717) is 47.8 Å². The van der Waals surface area contributed by atoms with E-state index in [9.17, 15) is 9.59 Å². The number of rotatable bonds is 14. The van der Waals surface area contributed by atoms with Crippen LogP contribution in [0.1, 0.15) is 57.8 Å². The van der Waals surface area contributed by atoms with Gasteiger partial charge < -0.3 is 19.3 Å². The van der Waals surface area contributed by atoms with Gasteiger partial charge in [-0.3, -0.25) is 10.5 Å². The zero-order chi connectivity index (χ0) is 25.4. The highest BCUT2D eigenvalue weighted by molar-refractivity contribution is 8.16. The molecule has 1 aromatic heterocycles. The first-order valence-electron chi connectivity index (χ1n) is 12.0. The summed E-state index contributed by atoms with van der Waals surface area (Å²) < 4.78 is 13.0. The molecular weight excluding hydrogens is 470 g/mol. The van der Waals surface area contributed by atoms with Crippen LogP contribution in [0.2, 0.25) is 0 Å². The second-order valence-corrected chi connectivity index (χ2v) is 10.1. The van der Waals surface area contributed by atoms with Crippen LogP contribution in [0.25, 0.3) is 0 Å². The summed E-state index contributed by atoms with van der Waals surface area (Å²) in [5.74, 6) is 1.16. The molecule has 0 bridgehead atoms. The molecule has 192 valence electrons. The highest BCUT2D eigenvalue weighted by Gasteiger charge is 2.41. The molecular formula is C24H36N5O5S+. The minimum atomic E-state index is -1.46. The second-order valence-electron chi connectivity index (χ2n) is 9.16. The molecule has 3 rings (SSSR count). The van der Waals surface area contributed by atoms with Crippen LogP contribution in [0.4, 0.5) is 0 Å². The fraction of sp³-hybridized carbons (Fsp3) is 0.625. The predicted octanol–water partition coefficient (Wildman–Crippen LogP) is 2.31. The molecule has 1 saturated carbocycles. The average Bonchev–Trinajstić information content (AvgIpc) is 3.55. The fourth-order valence-electron chi connectivity index (χ4n) is 3.39. The molecule has 1 fully saturated rings. The topological polar surface area (TPSA) is 132 Å². The molecule has 1 aliphatic carbocycles. The Kier molecular flexibility index (Phi) is 9.50. The first-order chi connectivity index (χ1) is 16.7. The van der Waals surface area contributed by atoms with Crippen LogP contribution in [0, 0.1) is 5.92 Å². The van der Waals surface area contributed by atoms with Crippen LogP contribution >= 0.6 is 11.8 Å². The lowest BCUT2D eigenvalue weighted by Gasteiger charge is -2.24. The Bertz CT molecular complexity index is 1040. The van der Waals surface area contributed by atoms with Gasteiger partial charge in [0.05, 0.1) is 18.7 Å². The molecule has 3 N–H and O–H groups in total. The standard InChI is InChI=1S/C24H35N5O5S/c1-5-7-19(20-12-18(13-21(30)34-20)32-14-17-8-9-17)26-23(31)24(25)15-35-22(27-24)16(2)28-33-11-6-10-29(3)4/h12-13,17,19H,3,5-11,14-15,25H2,1-2,4H3/p+1/b28-16+/t19-,24+/m1/s1. The van der Waals surface area contributed by atoms with E-state index in [4.69, 9.17) is 19.7 Å². The van der Waals surface area contributed by atoms with Crippen molar-refractivity contribution < 1.29 is 23.4 Å². The first-order valence-corrected chi connectivity index (χ1v) is 13.0. The van der Waals surface area contributed by atoms with Crippen molar-refractivity contribution in [3.05, 3.63) is 28.3 Å². The van der Waals surface area contributed by atoms with E-state index >= 15 is 0 Å². The van der Waals surface area contributed by atoms with Gasteiger partial charge in [-0.1, -0.05) is 18.5 Å². The molecule has 1 aromatic rings. The highest BCUT2D eigenvalue weighted by Crippen LogP contribution is 2.30. The summed E-state index contributed by atoms with van der Waals surface area (Å²) in [6, 6.07) is 2.47. The molecule has 0 spiro atoms. The third-order valence-electron chi connectivity index (χ3n) is 5.58. The maximum absolute atomic E-state index is 13.2. The summed E-state index contributed by atoms with van der Waals surface area (Å²) in [6.07, 6.45) is 4.41. The van der Waals surface area contributed by atoms with Gasteiger partial charge in [0.25, 0.3) is 5.91 Å². The lowest BCUT2D eigenvalue weighted by molar-refractivity contribution is -0.489. The molecule has 0 aromatic carbocycles. The predicted molar refractivity (Wildman–Crippen MR) is 138 cm³/mol. The van der Waals surface area contributed by atoms with E-state index < -0.39 is 23.2 Å². The maximum Gasteiger partial charge on any atom is 0.339 e. The molecule has 2 heterocycles. The van der Waals surface area contributed by atoms with Crippen LogP contribution in [-0.2, 0) is 9.63 Å². The molecule has 2 aliphatic rings. The summed E-state index contributed by atoms with van der Waals surface area (Å²) >= 11 is 1.35. The Hall–Kier alpha value is -2.66. The molecule has 1 aliphatic heterocycles. The summed E-state index contributed by atoms with van der Waals surface area (Å²) in [6.45, 7) is 9.36. The number of thioether (sulfide) groups is 1. The number of carbonyl (C=O) groups is 1. The summed E-state index contributed by atoms with van der Waals surface area (Å²) in [7, 11) is 1.89. The maximum atomic E-state index is 13.2. The quantitative estimate of drug-likeness (QED) is 0.171. The second kappa shape index (κ2) is 12.3. The van der Waals surface area contributed by atoms with E-state index in [1.54, 1.807) is 13.0 Å². The lowest BCUT2D eigenvalue weighted by atomic mass is 10.1. The first kappa shape index (κ1) is 26.9. The Morgan fingerprint density at radius 2 is 2.26 bits per heavy atom. The molecule has 2 atom stereocenters. The number of hydrogen-bond acceptors (Lipinski definition) is 9. The van der Waals surface area contributed by atoms with E-state index in [1.165, 1.54) is 17.8 Å². The number of amides is 1. The van der Waals surface area contributed by atoms with Gasteiger partial charge in [-0.15, -0.1) is 11.8 Å². The highest BCUT2D eigenvalue weighted by atomic mass is 32.2. The van der Waals surface area contributed by atoms with Gasteiger partial charge in [0.1, 0.15) is 49.2 Å². The molecule has 10 nitrogen and oxygen atoms in total. The molecule has 1 amide bonds. The number of ether oxygens (including phenoxy) is 1. The zero-order valence-electron chi connectivity index (χ0n) is 20.7. The van der Waals surface area contributed by atoms with Gasteiger partial charge in [-0.25, -0.2) is 14.4 Å². The van der Waals surface area contributed by atoms with Crippen molar-refractivity contribution in [1.29, 1.82) is 0 Å². The van der Waals surface area contributed by atoms with Crippen molar-refractivity contribution in [2.75, 3.05) is 32.6 Å². The summed E-state index contributed by atoms with van der Waals surface area (Å²) in [4.78, 5) is 35.1. The number of hydrogen-bond donors (Lipinski definition) is 2. The fourth-order valence-corrected chi connectivity index (χ4v) is 4.42. The summed E-state index contributed by atoms with van der Waals surface area (Å²) in [5, 5.41) is 7.58. The molecule has 0 unspecified atom stereocenters. The van der Waals surface area contributed by atoms with E-state index in [-0.39, 0.29) is 5.75 Å². The molecule has 0 radical (unpaired) electrons. The Morgan fingerprint density at radius 1 is 1.49 bits per heavy atom. The SMILES string of the molecule is C=[N+](C)CCCO/N=C(\C)C1=N[C@](N)(C(=O)N[C@H](CCC)c2cc(OCC3CC3)cc(=O)o2)CS1. The van der Waals surface area contributed by atoms with Gasteiger partial charge in [0.15, 0.2) is 5.66 Å². The van der Waals surface area contributed by atoms with Crippen LogP contribution < -0.4 is 21.4 Å². The van der Waals surface area contributed by atoms with Crippen LogP contribution in [0.15, 0.2) is 31.5 Å². The van der Waals surface area contributed by atoms with E-state index in [2.05, 4.69) is 22.2 Å². The van der Waals surface area contributed by atoms with Crippen molar-refractivity contribution in [3.63, 3.8) is 0 Å². The van der Waals surface area contributed by atoms with Crippen LogP contribution in [0.5, 0.6) is 5.75 Å². The Balaban J connectivity index is 1.65. The zero-order valence-corrected chi connectivity index (χ0v) is 21.6. The van der Waals surface area contributed by atoms with Crippen molar-refractivity contribution in [2.45, 2.75) is 57.7 Å². The molecule has 35 heavy (non-hydrogen) atoms. The normalized spacial score (nSPS) is 20.8. The van der Waals surface area contributed by atoms with E-state index in [1.807, 2.05) is 18.5 Å². The Labute approximate surface area is 210 Å². The number of nitrogens with zero attached hydrogens (tertiary/aromatic N) is 3. The smallest absolute Gasteiger partial charge is 0.339 e. The van der Waals surface area contributed by atoms with Gasteiger partial charge >= 0.3 is 5.63 Å². The van der Waals surface area contributed by atoms with Gasteiger partial charge in [0, 0.05) is 18.2 Å². The minimum absolute atomic E-state index is 0.265. The van der Waals surface area contributed by atoms with Crippen molar-refractivity contribution >= 4 is 35.1 Å². The molecule has 11 heteroatoms. The minimum Gasteiger partial charge on any atom is -0.493 e. The number of nitrogens with two attached hydrogens (primary N) is 1. The summed E-state index contributed by atoms with van der Waals surface area (Å²) in [5.41, 5.74) is 4.95. The van der Waals surface area contributed by atoms with Gasteiger partial charge in [-0.2, -0.15) is 0 Å². The van der Waals surface area contributed by atoms with Crippen molar-refractivity contribution in [3.8, 4) is 5.75 Å². The van der Waals surface area contributed by atoms with Crippen LogP contribution in [0.3, 0.4) is 0 Å². The monoisotopic (exact) mass is 506 g/mol. The van der Waals surface area contributed by atoms with E-state index in [0.717, 1.165) is 32.2 Å². The third-order valence-corrected chi connectivity index (χ3v) is 6.83. The number of carbonyl (C=O) groups excluding carboxylic acids is 1. The third kappa shape index (κ3) is 8.21. The largest absolute Gasteiger partial charge is 0.493 e. The van der Waals surface area contributed by atoms with Crippen LogP contribution in [-0.4, -0.2) is 66.2 Å². The Morgan fingerprint density at radius 3 is 2.94 bits per heavy atom. The van der Waals surface area contributed by atoms with Crippen molar-refractivity contribution in [1.82, 2.24) is 5.32 Å². The lowest BCUT2D eigenvalue weighted by Crippen LogP contribution is -2.54. The average molecular weight is 507 g/mol. The number of nitrogens with one attached hydrogen (secondary N) is 1. The number of oxime groups is 1. The molecule has 0 saturated heterocycles. The van der Waals surface area contributed by atoms with Crippen molar-refractivity contribution in [2.24, 2.45) is 21.8 Å².